The standard InChI is InChI=1S/C9H16O4/c1-2-12-9(11)7-5-8(6-7)13-4-3-10/h7-8,10H,2-6H2,1H3. The first-order chi connectivity index (χ1) is 6.27. The lowest BCUT2D eigenvalue weighted by atomic mass is 9.82. The molecule has 0 unspecified atom stereocenters. The molecule has 0 atom stereocenters. The van der Waals surface area contributed by atoms with E-state index in [0.29, 0.717) is 13.2 Å². The smallest absolute Gasteiger partial charge is 0.309 e. The molecule has 1 aliphatic carbocycles. The number of esters is 1. The van der Waals surface area contributed by atoms with Gasteiger partial charge in [-0.2, -0.15) is 0 Å². The zero-order valence-corrected chi connectivity index (χ0v) is 7.86. The highest BCUT2D eigenvalue weighted by molar-refractivity contribution is 5.73. The van der Waals surface area contributed by atoms with Crippen LogP contribution in [0.5, 0.6) is 0 Å². The van der Waals surface area contributed by atoms with Crippen LogP contribution in [0.1, 0.15) is 19.8 Å². The summed E-state index contributed by atoms with van der Waals surface area (Å²) >= 11 is 0. The van der Waals surface area contributed by atoms with Crippen LogP contribution in [-0.4, -0.2) is 37.0 Å². The summed E-state index contributed by atoms with van der Waals surface area (Å²) in [6.45, 7) is 2.65. The molecular formula is C9H16O4. The maximum atomic E-state index is 11.1. The number of rotatable bonds is 5. The highest BCUT2D eigenvalue weighted by Gasteiger charge is 2.35. The third-order valence-electron chi connectivity index (χ3n) is 2.16. The molecule has 4 nitrogen and oxygen atoms in total. The van der Waals surface area contributed by atoms with E-state index < -0.39 is 0 Å². The van der Waals surface area contributed by atoms with Crippen LogP contribution in [0.2, 0.25) is 0 Å². The minimum Gasteiger partial charge on any atom is -0.466 e. The van der Waals surface area contributed by atoms with Crippen molar-refractivity contribution in [2.24, 2.45) is 5.92 Å². The molecule has 13 heavy (non-hydrogen) atoms. The molecule has 0 radical (unpaired) electrons. The van der Waals surface area contributed by atoms with Crippen molar-refractivity contribution in [3.05, 3.63) is 0 Å². The Hall–Kier alpha value is -0.610. The zero-order valence-electron chi connectivity index (χ0n) is 7.86. The number of ether oxygens (including phenoxy) is 2. The minimum absolute atomic E-state index is 0.0173. The third-order valence-corrected chi connectivity index (χ3v) is 2.16. The molecule has 0 aromatic heterocycles. The second-order valence-corrected chi connectivity index (χ2v) is 3.14. The molecule has 1 aliphatic rings. The van der Waals surface area contributed by atoms with E-state index >= 15 is 0 Å². The van der Waals surface area contributed by atoms with Gasteiger partial charge in [0, 0.05) is 0 Å². The van der Waals surface area contributed by atoms with Gasteiger partial charge >= 0.3 is 5.97 Å². The molecule has 0 bridgehead atoms. The van der Waals surface area contributed by atoms with Gasteiger partial charge in [0.1, 0.15) is 0 Å². The number of carbonyl (C=O) groups excluding carboxylic acids is 1. The van der Waals surface area contributed by atoms with Crippen molar-refractivity contribution in [3.63, 3.8) is 0 Å². The van der Waals surface area contributed by atoms with Gasteiger partial charge in [-0.3, -0.25) is 4.79 Å². The Bertz CT molecular complexity index is 163. The van der Waals surface area contributed by atoms with Crippen LogP contribution in [0.15, 0.2) is 0 Å². The zero-order chi connectivity index (χ0) is 9.68. The summed E-state index contributed by atoms with van der Waals surface area (Å²) in [5.41, 5.74) is 0. The van der Waals surface area contributed by atoms with E-state index in [1.165, 1.54) is 0 Å². The fourth-order valence-corrected chi connectivity index (χ4v) is 1.37. The molecule has 0 aliphatic heterocycles. The van der Waals surface area contributed by atoms with Gasteiger partial charge in [-0.25, -0.2) is 0 Å². The summed E-state index contributed by atoms with van der Waals surface area (Å²) in [6, 6.07) is 0. The Morgan fingerprint density at radius 3 is 2.77 bits per heavy atom. The number of aliphatic hydroxyl groups is 1. The molecule has 0 spiro atoms. The van der Waals surface area contributed by atoms with Crippen LogP contribution < -0.4 is 0 Å². The first kappa shape index (κ1) is 10.5. The highest BCUT2D eigenvalue weighted by Crippen LogP contribution is 2.30. The van der Waals surface area contributed by atoms with E-state index in [1.54, 1.807) is 6.92 Å². The molecule has 0 amide bonds. The summed E-state index contributed by atoms with van der Waals surface area (Å²) in [6.07, 6.45) is 1.61. The Morgan fingerprint density at radius 1 is 1.54 bits per heavy atom. The molecule has 1 saturated carbocycles. The van der Waals surface area contributed by atoms with Gasteiger partial charge in [0.05, 0.1) is 31.8 Å². The van der Waals surface area contributed by atoms with Crippen LogP contribution in [0, 0.1) is 5.92 Å². The summed E-state index contributed by atoms with van der Waals surface area (Å²) in [5.74, 6) is -0.102. The molecule has 0 saturated heterocycles. The minimum atomic E-state index is -0.119. The van der Waals surface area contributed by atoms with Gasteiger partial charge in [0.15, 0.2) is 0 Å². The number of carbonyl (C=O) groups is 1. The summed E-state index contributed by atoms with van der Waals surface area (Å²) in [4.78, 5) is 11.1. The maximum absolute atomic E-state index is 11.1. The Balaban J connectivity index is 2.07. The lowest BCUT2D eigenvalue weighted by molar-refractivity contribution is -0.157. The number of hydrogen-bond acceptors (Lipinski definition) is 4. The first-order valence-corrected chi connectivity index (χ1v) is 4.67. The van der Waals surface area contributed by atoms with Crippen LogP contribution in [-0.2, 0) is 14.3 Å². The monoisotopic (exact) mass is 188 g/mol. The van der Waals surface area contributed by atoms with E-state index in [-0.39, 0.29) is 24.6 Å². The number of aliphatic hydroxyl groups excluding tert-OH is 1. The van der Waals surface area contributed by atoms with Gasteiger partial charge in [0.25, 0.3) is 0 Å². The summed E-state index contributed by atoms with van der Waals surface area (Å²) < 4.78 is 10.1. The largest absolute Gasteiger partial charge is 0.466 e. The van der Waals surface area contributed by atoms with E-state index in [2.05, 4.69) is 0 Å². The maximum Gasteiger partial charge on any atom is 0.309 e. The lowest BCUT2D eigenvalue weighted by Gasteiger charge is -2.32. The summed E-state index contributed by atoms with van der Waals surface area (Å²) in [5, 5.41) is 8.48. The molecule has 1 N–H and O–H groups in total. The Labute approximate surface area is 77.8 Å². The molecule has 0 aromatic rings. The van der Waals surface area contributed by atoms with E-state index in [0.717, 1.165) is 12.8 Å². The van der Waals surface area contributed by atoms with Gasteiger partial charge in [-0.1, -0.05) is 0 Å². The molecule has 76 valence electrons. The van der Waals surface area contributed by atoms with Crippen molar-refractivity contribution in [2.45, 2.75) is 25.9 Å². The van der Waals surface area contributed by atoms with Crippen molar-refractivity contribution >= 4 is 5.97 Å². The Kier molecular flexibility index (Phi) is 4.18. The summed E-state index contributed by atoms with van der Waals surface area (Å²) in [7, 11) is 0. The average molecular weight is 188 g/mol. The predicted molar refractivity (Wildman–Crippen MR) is 46.2 cm³/mol. The van der Waals surface area contributed by atoms with Crippen LogP contribution >= 0.6 is 0 Å². The molecule has 1 fully saturated rings. The van der Waals surface area contributed by atoms with Crippen molar-refractivity contribution in [3.8, 4) is 0 Å². The second-order valence-electron chi connectivity index (χ2n) is 3.14. The SMILES string of the molecule is CCOC(=O)C1CC(OCCO)C1. The van der Waals surface area contributed by atoms with E-state index in [9.17, 15) is 4.79 Å². The first-order valence-electron chi connectivity index (χ1n) is 4.67. The van der Waals surface area contributed by atoms with Gasteiger partial charge < -0.3 is 14.6 Å². The van der Waals surface area contributed by atoms with Crippen LogP contribution in [0.25, 0.3) is 0 Å². The average Bonchev–Trinajstić information content (AvgIpc) is 2.02. The van der Waals surface area contributed by atoms with Crippen molar-refractivity contribution in [1.29, 1.82) is 0 Å². The predicted octanol–water partition coefficient (Wildman–Crippen LogP) is 0.337. The quantitative estimate of drug-likeness (QED) is 0.632. The lowest BCUT2D eigenvalue weighted by Crippen LogP contribution is -2.37. The molecular weight excluding hydrogens is 172 g/mol. The Morgan fingerprint density at radius 2 is 2.23 bits per heavy atom. The third kappa shape index (κ3) is 2.97. The van der Waals surface area contributed by atoms with Gasteiger partial charge in [-0.05, 0) is 19.8 Å². The molecule has 1 rings (SSSR count). The fraction of sp³-hybridized carbons (Fsp3) is 0.889. The normalized spacial score (nSPS) is 26.6. The molecule has 4 heteroatoms. The van der Waals surface area contributed by atoms with Crippen molar-refractivity contribution in [2.75, 3.05) is 19.8 Å². The topological polar surface area (TPSA) is 55.8 Å². The van der Waals surface area contributed by atoms with Crippen LogP contribution in [0.4, 0.5) is 0 Å². The number of hydrogen-bond donors (Lipinski definition) is 1. The van der Waals surface area contributed by atoms with E-state index in [1.807, 2.05) is 0 Å². The van der Waals surface area contributed by atoms with Crippen molar-refractivity contribution in [1.82, 2.24) is 0 Å². The fourth-order valence-electron chi connectivity index (χ4n) is 1.37. The molecule has 0 heterocycles. The van der Waals surface area contributed by atoms with E-state index in [4.69, 9.17) is 14.6 Å². The van der Waals surface area contributed by atoms with Gasteiger partial charge in [-0.15, -0.1) is 0 Å². The second kappa shape index (κ2) is 5.19. The van der Waals surface area contributed by atoms with Crippen LogP contribution in [0.3, 0.4) is 0 Å². The molecule has 0 aromatic carbocycles. The van der Waals surface area contributed by atoms with Crippen molar-refractivity contribution < 1.29 is 19.4 Å². The van der Waals surface area contributed by atoms with Gasteiger partial charge in [0.2, 0.25) is 0 Å². The highest BCUT2D eigenvalue weighted by atomic mass is 16.5.